The first-order valence-corrected chi connectivity index (χ1v) is 5.71. The predicted octanol–water partition coefficient (Wildman–Crippen LogP) is 3.98. The predicted molar refractivity (Wildman–Crippen MR) is 58.5 cm³/mol. The van der Waals surface area contributed by atoms with Crippen LogP contribution in [-0.4, -0.2) is 5.11 Å². The quantitative estimate of drug-likeness (QED) is 0.779. The number of hydrogen-bond donors (Lipinski definition) is 1. The fourth-order valence-corrected chi connectivity index (χ4v) is 2.40. The highest BCUT2D eigenvalue weighted by molar-refractivity contribution is 5.34. The molecule has 1 atom stereocenters. The molecule has 1 aliphatic carbocycles. The molecule has 0 aromatic heterocycles. The van der Waals surface area contributed by atoms with Crippen LogP contribution >= 0.6 is 0 Å². The van der Waals surface area contributed by atoms with Crippen molar-refractivity contribution in [3.8, 4) is 5.75 Å². The maximum atomic E-state index is 14.1. The Kier molecular flexibility index (Phi) is 3.24. The summed E-state index contributed by atoms with van der Waals surface area (Å²) in [5, 5.41) is 9.57. The van der Waals surface area contributed by atoms with E-state index in [0.717, 1.165) is 25.7 Å². The monoisotopic (exact) mass is 208 g/mol. The van der Waals surface area contributed by atoms with Gasteiger partial charge in [-0.1, -0.05) is 37.5 Å². The largest absolute Gasteiger partial charge is 0.508 e. The lowest BCUT2D eigenvalue weighted by atomic mass is 9.83. The molecule has 1 aliphatic rings. The molecule has 0 spiro atoms. The number of para-hydroxylation sites is 1. The van der Waals surface area contributed by atoms with Crippen molar-refractivity contribution in [2.75, 3.05) is 0 Å². The molecule has 1 saturated carbocycles. The van der Waals surface area contributed by atoms with Crippen molar-refractivity contribution in [3.05, 3.63) is 29.8 Å². The fourth-order valence-electron chi connectivity index (χ4n) is 2.40. The SMILES string of the molecule is Oc1ccccc1C(F)C1CCCCC1. The van der Waals surface area contributed by atoms with Crippen molar-refractivity contribution in [3.63, 3.8) is 0 Å². The Morgan fingerprint density at radius 3 is 2.47 bits per heavy atom. The molecule has 2 heteroatoms. The average Bonchev–Trinajstić information content (AvgIpc) is 2.30. The van der Waals surface area contributed by atoms with Crippen LogP contribution in [0.15, 0.2) is 24.3 Å². The Balaban J connectivity index is 2.12. The highest BCUT2D eigenvalue weighted by Crippen LogP contribution is 2.39. The highest BCUT2D eigenvalue weighted by Gasteiger charge is 2.26. The van der Waals surface area contributed by atoms with Crippen LogP contribution in [0, 0.1) is 5.92 Å². The lowest BCUT2D eigenvalue weighted by Gasteiger charge is -2.25. The standard InChI is InChI=1S/C13H17FO/c14-13(10-6-2-1-3-7-10)11-8-4-5-9-12(11)15/h4-5,8-10,13,15H,1-3,6-7H2. The minimum absolute atomic E-state index is 0.0931. The van der Waals surface area contributed by atoms with Crippen LogP contribution in [0.4, 0.5) is 4.39 Å². The molecule has 1 N–H and O–H groups in total. The number of alkyl halides is 1. The van der Waals surface area contributed by atoms with Crippen molar-refractivity contribution in [1.82, 2.24) is 0 Å². The summed E-state index contributed by atoms with van der Waals surface area (Å²) in [6.07, 6.45) is 4.39. The number of phenolic OH excluding ortho intramolecular Hbond substituents is 1. The summed E-state index contributed by atoms with van der Waals surface area (Å²) >= 11 is 0. The molecule has 1 unspecified atom stereocenters. The van der Waals surface area contributed by atoms with E-state index in [1.807, 2.05) is 0 Å². The Morgan fingerprint density at radius 1 is 1.13 bits per heavy atom. The van der Waals surface area contributed by atoms with Crippen molar-refractivity contribution in [1.29, 1.82) is 0 Å². The zero-order valence-corrected chi connectivity index (χ0v) is 8.82. The van der Waals surface area contributed by atoms with Crippen LogP contribution < -0.4 is 0 Å². The van der Waals surface area contributed by atoms with Crippen molar-refractivity contribution >= 4 is 0 Å². The first kappa shape index (κ1) is 10.5. The van der Waals surface area contributed by atoms with Crippen LogP contribution in [0.2, 0.25) is 0 Å². The van der Waals surface area contributed by atoms with E-state index in [-0.39, 0.29) is 11.7 Å². The average molecular weight is 208 g/mol. The molecule has 0 radical (unpaired) electrons. The van der Waals surface area contributed by atoms with Gasteiger partial charge in [0, 0.05) is 5.56 Å². The van der Waals surface area contributed by atoms with Gasteiger partial charge in [-0.3, -0.25) is 0 Å². The number of aromatic hydroxyl groups is 1. The molecule has 1 fully saturated rings. The van der Waals surface area contributed by atoms with E-state index in [0.29, 0.717) is 5.56 Å². The summed E-state index contributed by atoms with van der Waals surface area (Å²) in [5.41, 5.74) is 0.462. The summed E-state index contributed by atoms with van der Waals surface area (Å²) < 4.78 is 14.1. The van der Waals surface area contributed by atoms with E-state index in [1.54, 1.807) is 24.3 Å². The smallest absolute Gasteiger partial charge is 0.131 e. The second kappa shape index (κ2) is 4.65. The molecule has 1 aromatic carbocycles. The second-order valence-corrected chi connectivity index (χ2v) is 4.36. The highest BCUT2D eigenvalue weighted by atomic mass is 19.1. The van der Waals surface area contributed by atoms with Gasteiger partial charge in [0.05, 0.1) is 0 Å². The summed E-state index contributed by atoms with van der Waals surface area (Å²) in [4.78, 5) is 0. The fraction of sp³-hybridized carbons (Fsp3) is 0.538. The number of hydrogen-bond acceptors (Lipinski definition) is 1. The van der Waals surface area contributed by atoms with E-state index in [9.17, 15) is 9.50 Å². The summed E-state index contributed by atoms with van der Waals surface area (Å²) in [6.45, 7) is 0. The van der Waals surface area contributed by atoms with Gasteiger partial charge in [-0.2, -0.15) is 0 Å². The van der Waals surface area contributed by atoms with E-state index in [4.69, 9.17) is 0 Å². The second-order valence-electron chi connectivity index (χ2n) is 4.36. The molecule has 2 rings (SSSR count). The Bertz CT molecular complexity index is 318. The van der Waals surface area contributed by atoms with Crippen LogP contribution in [-0.2, 0) is 0 Å². The van der Waals surface area contributed by atoms with E-state index >= 15 is 0 Å². The summed E-state index contributed by atoms with van der Waals surface area (Å²) in [7, 11) is 0. The minimum atomic E-state index is -0.994. The molecular weight excluding hydrogens is 191 g/mol. The van der Waals surface area contributed by atoms with Crippen molar-refractivity contribution < 1.29 is 9.50 Å². The van der Waals surface area contributed by atoms with Gasteiger partial charge in [0.25, 0.3) is 0 Å². The number of phenols is 1. The van der Waals surface area contributed by atoms with Crippen LogP contribution in [0.5, 0.6) is 5.75 Å². The topological polar surface area (TPSA) is 20.2 Å². The van der Waals surface area contributed by atoms with Crippen molar-refractivity contribution in [2.24, 2.45) is 5.92 Å². The zero-order valence-electron chi connectivity index (χ0n) is 8.82. The van der Waals surface area contributed by atoms with Crippen LogP contribution in [0.3, 0.4) is 0 Å². The lowest BCUT2D eigenvalue weighted by molar-refractivity contribution is 0.179. The van der Waals surface area contributed by atoms with Gasteiger partial charge in [-0.05, 0) is 24.8 Å². The Morgan fingerprint density at radius 2 is 1.80 bits per heavy atom. The van der Waals surface area contributed by atoms with Crippen LogP contribution in [0.1, 0.15) is 43.8 Å². The molecule has 0 aliphatic heterocycles. The van der Waals surface area contributed by atoms with Gasteiger partial charge in [-0.15, -0.1) is 0 Å². The van der Waals surface area contributed by atoms with Gasteiger partial charge in [0.15, 0.2) is 0 Å². The molecule has 0 heterocycles. The minimum Gasteiger partial charge on any atom is -0.508 e. The molecule has 0 saturated heterocycles. The Hall–Kier alpha value is -1.05. The molecule has 15 heavy (non-hydrogen) atoms. The molecule has 82 valence electrons. The number of halogens is 1. The third-order valence-electron chi connectivity index (χ3n) is 3.30. The zero-order chi connectivity index (χ0) is 10.7. The Labute approximate surface area is 89.9 Å². The van der Waals surface area contributed by atoms with Gasteiger partial charge in [0.2, 0.25) is 0 Å². The summed E-state index contributed by atoms with van der Waals surface area (Å²) in [5.74, 6) is 0.197. The maximum Gasteiger partial charge on any atom is 0.131 e. The number of benzene rings is 1. The van der Waals surface area contributed by atoms with Gasteiger partial charge < -0.3 is 5.11 Å². The molecule has 1 aromatic rings. The third kappa shape index (κ3) is 2.31. The molecule has 0 amide bonds. The first-order valence-electron chi connectivity index (χ1n) is 5.71. The van der Waals surface area contributed by atoms with E-state index in [1.165, 1.54) is 6.42 Å². The van der Waals surface area contributed by atoms with Crippen molar-refractivity contribution in [2.45, 2.75) is 38.3 Å². The van der Waals surface area contributed by atoms with Crippen LogP contribution in [0.25, 0.3) is 0 Å². The molecular formula is C13H17FO. The normalized spacial score (nSPS) is 20.1. The van der Waals surface area contributed by atoms with Gasteiger partial charge in [-0.25, -0.2) is 4.39 Å². The lowest BCUT2D eigenvalue weighted by Crippen LogP contribution is -2.12. The first-order chi connectivity index (χ1) is 7.29. The number of rotatable bonds is 2. The summed E-state index contributed by atoms with van der Waals surface area (Å²) in [6, 6.07) is 6.76. The van der Waals surface area contributed by atoms with E-state index in [2.05, 4.69) is 0 Å². The van der Waals surface area contributed by atoms with Gasteiger partial charge in [0.1, 0.15) is 11.9 Å². The maximum absolute atomic E-state index is 14.1. The van der Waals surface area contributed by atoms with E-state index < -0.39 is 6.17 Å². The molecule has 0 bridgehead atoms. The molecule has 1 nitrogen and oxygen atoms in total. The van der Waals surface area contributed by atoms with Gasteiger partial charge >= 0.3 is 0 Å². The third-order valence-corrected chi connectivity index (χ3v) is 3.30.